The fourth-order valence-corrected chi connectivity index (χ4v) is 5.23. The first-order chi connectivity index (χ1) is 19.2. The summed E-state index contributed by atoms with van der Waals surface area (Å²) < 4.78 is 11.9. The molecule has 0 spiro atoms. The van der Waals surface area contributed by atoms with Crippen LogP contribution in [0.25, 0.3) is 11.2 Å². The van der Waals surface area contributed by atoms with Gasteiger partial charge >= 0.3 is 11.7 Å². The highest BCUT2D eigenvalue weighted by Gasteiger charge is 2.21. The molecule has 12 nitrogen and oxygen atoms in total. The quantitative estimate of drug-likeness (QED) is 0.201. The Labute approximate surface area is 238 Å². The monoisotopic (exact) mass is 573 g/mol. The number of hydrogen-bond acceptors (Lipinski definition) is 10. The zero-order chi connectivity index (χ0) is 29.1. The van der Waals surface area contributed by atoms with Crippen LogP contribution in [0.4, 0.5) is 5.82 Å². The Kier molecular flexibility index (Phi) is 12.0. The lowest BCUT2D eigenvalue weighted by Gasteiger charge is -2.15. The van der Waals surface area contributed by atoms with Crippen LogP contribution in [0.5, 0.6) is 6.01 Å². The van der Waals surface area contributed by atoms with Gasteiger partial charge in [-0.05, 0) is 31.6 Å². The second kappa shape index (κ2) is 15.4. The highest BCUT2D eigenvalue weighted by Crippen LogP contribution is 2.19. The molecule has 3 aromatic rings. The molecule has 3 rings (SSSR count). The SMILES string of the molecule is CNC(=O)C(CSCCN(C)C)CC(=O)CCc1ccc(Cn2c(=O)[nH]c3c(N)nc(OCCOC)nc32)cc1. The Morgan fingerprint density at radius 2 is 1.90 bits per heavy atom. The molecule has 0 bridgehead atoms. The Balaban J connectivity index is 1.59. The van der Waals surface area contributed by atoms with Gasteiger partial charge in [0.25, 0.3) is 0 Å². The van der Waals surface area contributed by atoms with Gasteiger partial charge in [-0.3, -0.25) is 14.2 Å². The third-order valence-corrected chi connectivity index (χ3v) is 7.41. The molecule has 0 saturated heterocycles. The summed E-state index contributed by atoms with van der Waals surface area (Å²) in [6, 6.07) is 7.79. The third kappa shape index (κ3) is 9.07. The van der Waals surface area contributed by atoms with Crippen LogP contribution >= 0.6 is 11.8 Å². The van der Waals surface area contributed by atoms with E-state index in [1.165, 1.54) is 4.57 Å². The summed E-state index contributed by atoms with van der Waals surface area (Å²) >= 11 is 1.69. The number of imidazole rings is 1. The summed E-state index contributed by atoms with van der Waals surface area (Å²) in [4.78, 5) is 50.9. The van der Waals surface area contributed by atoms with Crippen LogP contribution < -0.4 is 21.5 Å². The van der Waals surface area contributed by atoms with Crippen molar-refractivity contribution in [2.75, 3.05) is 65.3 Å². The molecule has 0 aliphatic carbocycles. The number of anilines is 1. The normalized spacial score (nSPS) is 12.1. The van der Waals surface area contributed by atoms with Gasteiger partial charge in [0.05, 0.1) is 19.1 Å². The molecule has 1 amide bonds. The van der Waals surface area contributed by atoms with Gasteiger partial charge in [-0.25, -0.2) is 4.79 Å². The van der Waals surface area contributed by atoms with E-state index in [-0.39, 0.29) is 54.7 Å². The van der Waals surface area contributed by atoms with Crippen molar-refractivity contribution >= 4 is 40.4 Å². The zero-order valence-electron chi connectivity index (χ0n) is 23.6. The highest BCUT2D eigenvalue weighted by atomic mass is 32.2. The minimum absolute atomic E-state index is 0.0667. The molecule has 1 aromatic carbocycles. The first-order valence-electron chi connectivity index (χ1n) is 13.1. The molecule has 0 radical (unpaired) electrons. The number of nitrogens with two attached hydrogens (primary N) is 1. The van der Waals surface area contributed by atoms with Crippen LogP contribution in [0.3, 0.4) is 0 Å². The number of hydrogen-bond donors (Lipinski definition) is 3. The van der Waals surface area contributed by atoms with Crippen molar-refractivity contribution in [2.24, 2.45) is 5.92 Å². The molecule has 40 heavy (non-hydrogen) atoms. The third-order valence-electron chi connectivity index (χ3n) is 6.30. The first-order valence-corrected chi connectivity index (χ1v) is 14.3. The fraction of sp³-hybridized carbons (Fsp3) is 0.519. The number of carbonyl (C=O) groups excluding carboxylic acids is 2. The molecule has 0 aliphatic rings. The molecule has 4 N–H and O–H groups in total. The van der Waals surface area contributed by atoms with Gasteiger partial charge in [-0.15, -0.1) is 0 Å². The van der Waals surface area contributed by atoms with Crippen molar-refractivity contribution in [3.05, 3.63) is 45.9 Å². The number of aromatic amines is 1. The summed E-state index contributed by atoms with van der Waals surface area (Å²) in [6.07, 6.45) is 1.17. The first kappa shape index (κ1) is 31.1. The minimum atomic E-state index is -0.356. The molecule has 0 aliphatic heterocycles. The molecule has 0 fully saturated rings. The van der Waals surface area contributed by atoms with Gasteiger partial charge in [0.2, 0.25) is 5.91 Å². The predicted octanol–water partition coefficient (Wildman–Crippen LogP) is 1.32. The van der Waals surface area contributed by atoms with Gasteiger partial charge in [-0.1, -0.05) is 24.3 Å². The lowest BCUT2D eigenvalue weighted by Crippen LogP contribution is -2.31. The number of benzene rings is 1. The highest BCUT2D eigenvalue weighted by molar-refractivity contribution is 7.99. The molecule has 1 unspecified atom stereocenters. The number of aryl methyl sites for hydroxylation is 1. The number of H-pyrrole nitrogens is 1. The topological polar surface area (TPSA) is 157 Å². The number of fused-ring (bicyclic) bond motifs is 1. The second-order valence-corrected chi connectivity index (χ2v) is 10.8. The molecule has 2 heterocycles. The van der Waals surface area contributed by atoms with Crippen LogP contribution in [0, 0.1) is 5.92 Å². The Morgan fingerprint density at radius 3 is 2.58 bits per heavy atom. The molecular weight excluding hydrogens is 534 g/mol. The van der Waals surface area contributed by atoms with E-state index in [2.05, 4.69) is 25.2 Å². The summed E-state index contributed by atoms with van der Waals surface area (Å²) in [5.41, 5.74) is 8.24. The second-order valence-electron chi connectivity index (χ2n) is 9.70. The number of Topliss-reactive ketones (excluding diaryl/α,β-unsaturated/α-hetero) is 1. The average molecular weight is 574 g/mol. The number of amides is 1. The van der Waals surface area contributed by atoms with Crippen molar-refractivity contribution in [2.45, 2.75) is 25.8 Å². The number of carbonyl (C=O) groups is 2. The summed E-state index contributed by atoms with van der Waals surface area (Å²) in [5.74, 6) is 1.30. The van der Waals surface area contributed by atoms with E-state index in [1.807, 2.05) is 38.4 Å². The maximum atomic E-state index is 12.7. The van der Waals surface area contributed by atoms with Crippen molar-refractivity contribution < 1.29 is 19.1 Å². The standard InChI is InChI=1S/C27H39N7O5S/c1-29-25(36)20(17-40-14-11-33(2)3)15-21(35)10-9-18-5-7-19(8-6-18)16-34-24-22(30-27(34)37)23(28)31-26(32-24)39-13-12-38-4/h5-8,20H,9-17H2,1-4H3,(H,29,36)(H,30,37)(H2,28,31,32). The maximum absolute atomic E-state index is 12.7. The lowest BCUT2D eigenvalue weighted by molar-refractivity contribution is -0.128. The zero-order valence-corrected chi connectivity index (χ0v) is 24.4. The van der Waals surface area contributed by atoms with E-state index in [0.29, 0.717) is 36.4 Å². The van der Waals surface area contributed by atoms with Gasteiger partial charge < -0.3 is 30.4 Å². The number of nitrogen functional groups attached to an aromatic ring is 1. The fourth-order valence-electron chi connectivity index (χ4n) is 4.02. The Hall–Kier alpha value is -3.42. The van der Waals surface area contributed by atoms with Crippen LogP contribution in [0.15, 0.2) is 29.1 Å². The van der Waals surface area contributed by atoms with Gasteiger partial charge in [0.15, 0.2) is 11.5 Å². The van der Waals surface area contributed by atoms with E-state index in [9.17, 15) is 14.4 Å². The van der Waals surface area contributed by atoms with E-state index in [1.54, 1.807) is 25.9 Å². The minimum Gasteiger partial charge on any atom is -0.461 e. The Morgan fingerprint density at radius 1 is 1.18 bits per heavy atom. The van der Waals surface area contributed by atoms with Crippen molar-refractivity contribution in [3.63, 3.8) is 0 Å². The van der Waals surface area contributed by atoms with Gasteiger partial charge in [0, 0.05) is 45.0 Å². The number of aromatic nitrogens is 4. The van der Waals surface area contributed by atoms with E-state index in [0.717, 1.165) is 23.4 Å². The number of thioether (sulfide) groups is 1. The van der Waals surface area contributed by atoms with E-state index < -0.39 is 0 Å². The maximum Gasteiger partial charge on any atom is 0.328 e. The molecule has 13 heteroatoms. The number of rotatable bonds is 17. The number of ether oxygens (including phenoxy) is 2. The number of nitrogens with one attached hydrogen (secondary N) is 2. The lowest BCUT2D eigenvalue weighted by atomic mass is 9.98. The smallest absolute Gasteiger partial charge is 0.328 e. The average Bonchev–Trinajstić information content (AvgIpc) is 3.24. The van der Waals surface area contributed by atoms with Crippen LogP contribution in [-0.4, -0.2) is 95.6 Å². The van der Waals surface area contributed by atoms with Gasteiger partial charge in [-0.2, -0.15) is 21.7 Å². The van der Waals surface area contributed by atoms with Gasteiger partial charge in [0.1, 0.15) is 17.9 Å². The summed E-state index contributed by atoms with van der Waals surface area (Å²) in [7, 11) is 7.19. The largest absolute Gasteiger partial charge is 0.461 e. The number of ketones is 1. The number of nitrogens with zero attached hydrogens (tertiary/aromatic N) is 4. The van der Waals surface area contributed by atoms with Crippen molar-refractivity contribution in [3.8, 4) is 6.01 Å². The van der Waals surface area contributed by atoms with E-state index >= 15 is 0 Å². The molecule has 1 atom stereocenters. The molecule has 0 saturated carbocycles. The summed E-state index contributed by atoms with van der Waals surface area (Å²) in [5, 5.41) is 2.68. The predicted molar refractivity (Wildman–Crippen MR) is 157 cm³/mol. The number of methoxy groups -OCH3 is 1. The van der Waals surface area contributed by atoms with Crippen molar-refractivity contribution in [1.29, 1.82) is 0 Å². The Bertz CT molecular complexity index is 1320. The summed E-state index contributed by atoms with van der Waals surface area (Å²) in [6.45, 7) is 1.81. The van der Waals surface area contributed by atoms with Crippen LogP contribution in [-0.2, 0) is 27.3 Å². The van der Waals surface area contributed by atoms with Crippen LogP contribution in [0.1, 0.15) is 24.0 Å². The molecular formula is C27H39N7O5S. The van der Waals surface area contributed by atoms with E-state index in [4.69, 9.17) is 15.2 Å². The van der Waals surface area contributed by atoms with Crippen molar-refractivity contribution in [1.82, 2.24) is 29.7 Å². The molecule has 2 aromatic heterocycles. The van der Waals surface area contributed by atoms with Crippen LogP contribution in [0.2, 0.25) is 0 Å². The molecule has 218 valence electrons.